The minimum atomic E-state index is 0.848. The maximum absolute atomic E-state index is 5.57. The van der Waals surface area contributed by atoms with Crippen LogP contribution in [0.15, 0.2) is 24.8 Å². The van der Waals surface area contributed by atoms with E-state index in [9.17, 15) is 0 Å². The first kappa shape index (κ1) is 9.32. The minimum absolute atomic E-state index is 0.848. The van der Waals surface area contributed by atoms with Crippen molar-refractivity contribution < 1.29 is 4.74 Å². The molecule has 0 radical (unpaired) electrons. The van der Waals surface area contributed by atoms with Crippen LogP contribution in [-0.2, 0) is 12.8 Å². The van der Waals surface area contributed by atoms with E-state index in [1.54, 1.807) is 0 Å². The molecule has 0 N–H and O–H groups in total. The van der Waals surface area contributed by atoms with E-state index in [2.05, 4.69) is 25.6 Å². The standard InChI is InChI=1S/C13H16O/c1-3-4-5-11-8-10(2)13-12(9-11)6-7-14-13/h3,8-9H,1,4-7H2,2H3. The van der Waals surface area contributed by atoms with Crippen molar-refractivity contribution in [3.63, 3.8) is 0 Å². The van der Waals surface area contributed by atoms with Crippen molar-refractivity contribution >= 4 is 0 Å². The molecule has 1 nitrogen and oxygen atoms in total. The second kappa shape index (κ2) is 3.87. The summed E-state index contributed by atoms with van der Waals surface area (Å²) < 4.78 is 5.57. The molecule has 0 unspecified atom stereocenters. The van der Waals surface area contributed by atoms with Gasteiger partial charge in [-0.2, -0.15) is 0 Å². The zero-order chi connectivity index (χ0) is 9.97. The van der Waals surface area contributed by atoms with Gasteiger partial charge in [0, 0.05) is 6.42 Å². The van der Waals surface area contributed by atoms with Crippen LogP contribution in [0.25, 0.3) is 0 Å². The number of ether oxygens (including phenoxy) is 1. The lowest BCUT2D eigenvalue weighted by molar-refractivity contribution is 0.354. The Labute approximate surface area is 85.4 Å². The van der Waals surface area contributed by atoms with Gasteiger partial charge in [0.2, 0.25) is 0 Å². The van der Waals surface area contributed by atoms with Crippen LogP contribution in [0.2, 0.25) is 0 Å². The first-order chi connectivity index (χ1) is 6.81. The number of fused-ring (bicyclic) bond motifs is 1. The highest BCUT2D eigenvalue weighted by Gasteiger charge is 2.14. The van der Waals surface area contributed by atoms with Gasteiger partial charge in [0.05, 0.1) is 6.61 Å². The van der Waals surface area contributed by atoms with Crippen molar-refractivity contribution in [2.75, 3.05) is 6.61 Å². The first-order valence-electron chi connectivity index (χ1n) is 5.17. The molecule has 1 aliphatic rings. The van der Waals surface area contributed by atoms with E-state index in [-0.39, 0.29) is 0 Å². The highest BCUT2D eigenvalue weighted by Crippen LogP contribution is 2.30. The van der Waals surface area contributed by atoms with E-state index in [1.807, 2.05) is 6.08 Å². The Morgan fingerprint density at radius 3 is 3.14 bits per heavy atom. The number of allylic oxidation sites excluding steroid dienone is 1. The van der Waals surface area contributed by atoms with Crippen LogP contribution >= 0.6 is 0 Å². The molecule has 0 saturated carbocycles. The molecule has 1 aliphatic heterocycles. The van der Waals surface area contributed by atoms with Crippen LogP contribution in [-0.4, -0.2) is 6.61 Å². The van der Waals surface area contributed by atoms with Gasteiger partial charge in [0.25, 0.3) is 0 Å². The molecule has 0 aromatic heterocycles. The lowest BCUT2D eigenvalue weighted by Crippen LogP contribution is -1.90. The summed E-state index contributed by atoms with van der Waals surface area (Å²) in [5.41, 5.74) is 4.06. The summed E-state index contributed by atoms with van der Waals surface area (Å²) >= 11 is 0. The van der Waals surface area contributed by atoms with Crippen molar-refractivity contribution in [1.29, 1.82) is 0 Å². The maximum Gasteiger partial charge on any atom is 0.125 e. The molecule has 0 atom stereocenters. The van der Waals surface area contributed by atoms with Gasteiger partial charge >= 0.3 is 0 Å². The Balaban J connectivity index is 2.27. The molecule has 0 aliphatic carbocycles. The van der Waals surface area contributed by atoms with Crippen LogP contribution in [0.1, 0.15) is 23.1 Å². The van der Waals surface area contributed by atoms with E-state index < -0.39 is 0 Å². The van der Waals surface area contributed by atoms with Gasteiger partial charge in [0.15, 0.2) is 0 Å². The van der Waals surface area contributed by atoms with Gasteiger partial charge in [-0.25, -0.2) is 0 Å². The normalized spacial score (nSPS) is 13.5. The summed E-state index contributed by atoms with van der Waals surface area (Å²) in [5, 5.41) is 0. The molecule has 0 spiro atoms. The van der Waals surface area contributed by atoms with Gasteiger partial charge in [-0.05, 0) is 36.5 Å². The highest BCUT2D eigenvalue weighted by molar-refractivity contribution is 5.46. The van der Waals surface area contributed by atoms with E-state index in [0.717, 1.165) is 31.6 Å². The quantitative estimate of drug-likeness (QED) is 0.662. The van der Waals surface area contributed by atoms with E-state index in [4.69, 9.17) is 4.74 Å². The molecular weight excluding hydrogens is 172 g/mol. The molecule has 1 aromatic rings. The Kier molecular flexibility index (Phi) is 2.58. The van der Waals surface area contributed by atoms with Crippen molar-refractivity contribution in [1.82, 2.24) is 0 Å². The molecule has 1 heterocycles. The monoisotopic (exact) mass is 188 g/mol. The van der Waals surface area contributed by atoms with Gasteiger partial charge in [-0.15, -0.1) is 6.58 Å². The third-order valence-electron chi connectivity index (χ3n) is 2.67. The van der Waals surface area contributed by atoms with E-state index >= 15 is 0 Å². The maximum atomic E-state index is 5.57. The van der Waals surface area contributed by atoms with Crippen LogP contribution in [0.4, 0.5) is 0 Å². The van der Waals surface area contributed by atoms with Gasteiger partial charge in [-0.3, -0.25) is 0 Å². The minimum Gasteiger partial charge on any atom is -0.493 e. The number of aryl methyl sites for hydroxylation is 2. The van der Waals surface area contributed by atoms with Crippen molar-refractivity contribution in [2.24, 2.45) is 0 Å². The third-order valence-corrected chi connectivity index (χ3v) is 2.67. The van der Waals surface area contributed by atoms with Crippen LogP contribution in [0.3, 0.4) is 0 Å². The predicted octanol–water partition coefficient (Wildman–Crippen LogP) is 3.05. The molecule has 14 heavy (non-hydrogen) atoms. The van der Waals surface area contributed by atoms with Crippen molar-refractivity contribution in [3.05, 3.63) is 41.5 Å². The lowest BCUT2D eigenvalue weighted by Gasteiger charge is -2.06. The van der Waals surface area contributed by atoms with Crippen LogP contribution in [0.5, 0.6) is 5.75 Å². The molecule has 1 heteroatoms. The van der Waals surface area contributed by atoms with Gasteiger partial charge < -0.3 is 4.74 Å². The van der Waals surface area contributed by atoms with Gasteiger partial charge in [0.1, 0.15) is 5.75 Å². The molecule has 0 amide bonds. The zero-order valence-corrected chi connectivity index (χ0v) is 8.68. The fraction of sp³-hybridized carbons (Fsp3) is 0.385. The summed E-state index contributed by atoms with van der Waals surface area (Å²) in [7, 11) is 0. The zero-order valence-electron chi connectivity index (χ0n) is 8.68. The van der Waals surface area contributed by atoms with Crippen LogP contribution < -0.4 is 4.74 Å². The summed E-state index contributed by atoms with van der Waals surface area (Å²) in [6.07, 6.45) is 5.19. The SMILES string of the molecule is C=CCCc1cc(C)c2c(c1)CCO2. The fourth-order valence-corrected chi connectivity index (χ4v) is 2.00. The Hall–Kier alpha value is -1.24. The Morgan fingerprint density at radius 2 is 2.36 bits per heavy atom. The lowest BCUT2D eigenvalue weighted by atomic mass is 10.0. The van der Waals surface area contributed by atoms with Gasteiger partial charge in [-0.1, -0.05) is 18.2 Å². The number of rotatable bonds is 3. The second-order valence-corrected chi connectivity index (χ2v) is 3.83. The van der Waals surface area contributed by atoms with Crippen LogP contribution in [0, 0.1) is 6.92 Å². The molecule has 0 saturated heterocycles. The van der Waals surface area contributed by atoms with Crippen molar-refractivity contribution in [3.8, 4) is 5.75 Å². The van der Waals surface area contributed by atoms with E-state index in [0.29, 0.717) is 0 Å². The molecule has 74 valence electrons. The number of hydrogen-bond donors (Lipinski definition) is 0. The average molecular weight is 188 g/mol. The molecule has 0 bridgehead atoms. The van der Waals surface area contributed by atoms with Crippen molar-refractivity contribution in [2.45, 2.75) is 26.2 Å². The fourth-order valence-electron chi connectivity index (χ4n) is 2.00. The molecule has 0 fully saturated rings. The van der Waals surface area contributed by atoms with E-state index in [1.165, 1.54) is 16.7 Å². The molecule has 2 rings (SSSR count). The summed E-state index contributed by atoms with van der Waals surface area (Å²) in [5.74, 6) is 1.12. The summed E-state index contributed by atoms with van der Waals surface area (Å²) in [4.78, 5) is 0. The molecular formula is C13H16O. The Morgan fingerprint density at radius 1 is 1.50 bits per heavy atom. The molecule has 1 aromatic carbocycles. The first-order valence-corrected chi connectivity index (χ1v) is 5.17. The average Bonchev–Trinajstić information content (AvgIpc) is 2.63. The number of benzene rings is 1. The smallest absolute Gasteiger partial charge is 0.125 e. The largest absolute Gasteiger partial charge is 0.493 e. The third kappa shape index (κ3) is 1.67. The topological polar surface area (TPSA) is 9.23 Å². The second-order valence-electron chi connectivity index (χ2n) is 3.83. The predicted molar refractivity (Wildman–Crippen MR) is 58.9 cm³/mol. The highest BCUT2D eigenvalue weighted by atomic mass is 16.5. The summed E-state index contributed by atoms with van der Waals surface area (Å²) in [6.45, 7) is 6.72. The summed E-state index contributed by atoms with van der Waals surface area (Å²) in [6, 6.07) is 4.51. The number of hydrogen-bond acceptors (Lipinski definition) is 1. The Bertz CT molecular complexity index is 352.